The summed E-state index contributed by atoms with van der Waals surface area (Å²) in [6.07, 6.45) is 0.128. The maximum atomic E-state index is 11.9. The molecule has 126 valence electrons. The zero-order valence-electron chi connectivity index (χ0n) is 13.4. The number of hydrogen-bond acceptors (Lipinski definition) is 5. The first-order valence-corrected chi connectivity index (χ1v) is 7.41. The minimum absolute atomic E-state index is 0.0535. The fourth-order valence-corrected chi connectivity index (χ4v) is 1.76. The highest BCUT2D eigenvalue weighted by Crippen LogP contribution is 2.10. The molecule has 0 heterocycles. The van der Waals surface area contributed by atoms with Gasteiger partial charge in [-0.25, -0.2) is 0 Å². The SMILES string of the molecule is CCOC(=O)CCC(=O)NCCNC(=O)c1ccc(OC)cc1. The van der Waals surface area contributed by atoms with Crippen LogP contribution in [0.1, 0.15) is 30.1 Å². The van der Waals surface area contributed by atoms with E-state index in [2.05, 4.69) is 10.6 Å². The molecule has 0 spiro atoms. The Hall–Kier alpha value is -2.57. The van der Waals surface area contributed by atoms with Gasteiger partial charge in [0.05, 0.1) is 20.1 Å². The average molecular weight is 322 g/mol. The molecule has 2 N–H and O–H groups in total. The summed E-state index contributed by atoms with van der Waals surface area (Å²) < 4.78 is 9.75. The van der Waals surface area contributed by atoms with Gasteiger partial charge in [0.1, 0.15) is 5.75 Å². The van der Waals surface area contributed by atoms with Crippen LogP contribution in [0.25, 0.3) is 0 Å². The van der Waals surface area contributed by atoms with Gasteiger partial charge in [0, 0.05) is 25.1 Å². The Balaban J connectivity index is 2.19. The molecular formula is C16H22N2O5. The molecule has 0 saturated heterocycles. The molecule has 2 amide bonds. The Morgan fingerprint density at radius 1 is 1.00 bits per heavy atom. The molecule has 0 aromatic heterocycles. The van der Waals surface area contributed by atoms with E-state index in [0.717, 1.165) is 0 Å². The van der Waals surface area contributed by atoms with Gasteiger partial charge in [0.15, 0.2) is 0 Å². The number of ether oxygens (including phenoxy) is 2. The van der Waals surface area contributed by atoms with E-state index in [1.54, 1.807) is 38.3 Å². The quantitative estimate of drug-likeness (QED) is 0.520. The van der Waals surface area contributed by atoms with E-state index in [9.17, 15) is 14.4 Å². The summed E-state index contributed by atoms with van der Waals surface area (Å²) in [5.41, 5.74) is 0.513. The molecule has 7 nitrogen and oxygen atoms in total. The van der Waals surface area contributed by atoms with Crippen LogP contribution in [-0.4, -0.2) is 44.6 Å². The Kier molecular flexibility index (Phi) is 8.20. The third kappa shape index (κ3) is 7.30. The number of carbonyl (C=O) groups is 3. The summed E-state index contributed by atoms with van der Waals surface area (Å²) in [7, 11) is 1.56. The van der Waals surface area contributed by atoms with Crippen LogP contribution in [-0.2, 0) is 14.3 Å². The number of rotatable bonds is 9. The van der Waals surface area contributed by atoms with Crippen molar-refractivity contribution in [3.8, 4) is 5.75 Å². The topological polar surface area (TPSA) is 93.7 Å². The highest BCUT2D eigenvalue weighted by Gasteiger charge is 2.08. The lowest BCUT2D eigenvalue weighted by Crippen LogP contribution is -2.34. The number of amides is 2. The molecule has 0 radical (unpaired) electrons. The van der Waals surface area contributed by atoms with Crippen molar-refractivity contribution in [3.05, 3.63) is 29.8 Å². The maximum absolute atomic E-state index is 11.9. The van der Waals surface area contributed by atoms with E-state index in [1.807, 2.05) is 0 Å². The zero-order valence-corrected chi connectivity index (χ0v) is 13.4. The number of benzene rings is 1. The van der Waals surface area contributed by atoms with Crippen LogP contribution < -0.4 is 15.4 Å². The predicted molar refractivity (Wildman–Crippen MR) is 84.2 cm³/mol. The van der Waals surface area contributed by atoms with Crippen LogP contribution in [0.5, 0.6) is 5.75 Å². The minimum Gasteiger partial charge on any atom is -0.497 e. The summed E-state index contributed by atoms with van der Waals surface area (Å²) in [6.45, 7) is 2.61. The van der Waals surface area contributed by atoms with E-state index in [0.29, 0.717) is 31.0 Å². The van der Waals surface area contributed by atoms with Gasteiger partial charge in [0.2, 0.25) is 5.91 Å². The number of esters is 1. The molecule has 1 rings (SSSR count). The van der Waals surface area contributed by atoms with Gasteiger partial charge < -0.3 is 20.1 Å². The Bertz CT molecular complexity index is 528. The van der Waals surface area contributed by atoms with Crippen molar-refractivity contribution < 1.29 is 23.9 Å². The number of nitrogens with one attached hydrogen (secondary N) is 2. The largest absolute Gasteiger partial charge is 0.497 e. The molecule has 0 aliphatic heterocycles. The lowest BCUT2D eigenvalue weighted by atomic mass is 10.2. The highest BCUT2D eigenvalue weighted by molar-refractivity contribution is 5.94. The van der Waals surface area contributed by atoms with Crippen molar-refractivity contribution in [2.75, 3.05) is 26.8 Å². The Labute approximate surface area is 135 Å². The molecule has 23 heavy (non-hydrogen) atoms. The monoisotopic (exact) mass is 322 g/mol. The van der Waals surface area contributed by atoms with E-state index >= 15 is 0 Å². The van der Waals surface area contributed by atoms with Crippen molar-refractivity contribution in [3.63, 3.8) is 0 Å². The van der Waals surface area contributed by atoms with Crippen molar-refractivity contribution >= 4 is 17.8 Å². The highest BCUT2D eigenvalue weighted by atomic mass is 16.5. The molecule has 1 aromatic carbocycles. The lowest BCUT2D eigenvalue weighted by Gasteiger charge is -2.07. The summed E-state index contributed by atoms with van der Waals surface area (Å²) in [6, 6.07) is 6.72. The molecule has 0 saturated carbocycles. The number of hydrogen-bond donors (Lipinski definition) is 2. The van der Waals surface area contributed by atoms with Crippen LogP contribution in [0.3, 0.4) is 0 Å². The van der Waals surface area contributed by atoms with E-state index in [1.165, 1.54) is 0 Å². The van der Waals surface area contributed by atoms with Crippen LogP contribution in [0.15, 0.2) is 24.3 Å². The summed E-state index contributed by atoms with van der Waals surface area (Å²) in [5.74, 6) is -0.198. The second kappa shape index (κ2) is 10.2. The molecule has 0 unspecified atom stereocenters. The molecule has 0 aliphatic rings. The normalized spacial score (nSPS) is 9.83. The van der Waals surface area contributed by atoms with E-state index < -0.39 is 5.97 Å². The number of methoxy groups -OCH3 is 1. The second-order valence-corrected chi connectivity index (χ2v) is 4.64. The summed E-state index contributed by atoms with van der Waals surface area (Å²) >= 11 is 0. The summed E-state index contributed by atoms with van der Waals surface area (Å²) in [5, 5.41) is 5.31. The van der Waals surface area contributed by atoms with Gasteiger partial charge >= 0.3 is 5.97 Å². The predicted octanol–water partition coefficient (Wildman–Crippen LogP) is 0.885. The van der Waals surface area contributed by atoms with Gasteiger partial charge in [-0.3, -0.25) is 14.4 Å². The Morgan fingerprint density at radius 3 is 2.26 bits per heavy atom. The van der Waals surface area contributed by atoms with Gasteiger partial charge in [-0.05, 0) is 31.2 Å². The molecule has 0 aliphatic carbocycles. The molecule has 0 fully saturated rings. The minimum atomic E-state index is -0.393. The maximum Gasteiger partial charge on any atom is 0.306 e. The van der Waals surface area contributed by atoms with Crippen LogP contribution >= 0.6 is 0 Å². The van der Waals surface area contributed by atoms with Gasteiger partial charge in [-0.1, -0.05) is 0 Å². The third-order valence-corrected chi connectivity index (χ3v) is 2.95. The fourth-order valence-electron chi connectivity index (χ4n) is 1.76. The van der Waals surface area contributed by atoms with Gasteiger partial charge in [-0.15, -0.1) is 0 Å². The average Bonchev–Trinajstić information content (AvgIpc) is 2.57. The van der Waals surface area contributed by atoms with Crippen molar-refractivity contribution in [2.45, 2.75) is 19.8 Å². The smallest absolute Gasteiger partial charge is 0.306 e. The second-order valence-electron chi connectivity index (χ2n) is 4.64. The summed E-state index contributed by atoms with van der Waals surface area (Å²) in [4.78, 5) is 34.4. The molecule has 7 heteroatoms. The molecule has 0 atom stereocenters. The first kappa shape index (κ1) is 18.5. The van der Waals surface area contributed by atoms with Crippen molar-refractivity contribution in [2.24, 2.45) is 0 Å². The molecular weight excluding hydrogens is 300 g/mol. The van der Waals surface area contributed by atoms with Crippen LogP contribution in [0, 0.1) is 0 Å². The van der Waals surface area contributed by atoms with Crippen LogP contribution in [0.4, 0.5) is 0 Å². The zero-order chi connectivity index (χ0) is 17.1. The molecule has 1 aromatic rings. The number of carbonyl (C=O) groups excluding carboxylic acids is 3. The molecule has 0 bridgehead atoms. The first-order chi connectivity index (χ1) is 11.1. The van der Waals surface area contributed by atoms with E-state index in [4.69, 9.17) is 9.47 Å². The van der Waals surface area contributed by atoms with Crippen molar-refractivity contribution in [1.82, 2.24) is 10.6 Å². The third-order valence-electron chi connectivity index (χ3n) is 2.95. The van der Waals surface area contributed by atoms with Gasteiger partial charge in [0.25, 0.3) is 5.91 Å². The lowest BCUT2D eigenvalue weighted by molar-refractivity contribution is -0.144. The van der Waals surface area contributed by atoms with Crippen molar-refractivity contribution in [1.29, 1.82) is 0 Å². The fraction of sp³-hybridized carbons (Fsp3) is 0.438. The standard InChI is InChI=1S/C16H22N2O5/c1-3-23-15(20)9-8-14(19)17-10-11-18-16(21)12-4-6-13(22-2)7-5-12/h4-7H,3,8-11H2,1-2H3,(H,17,19)(H,18,21). The Morgan fingerprint density at radius 2 is 1.65 bits per heavy atom. The van der Waals surface area contributed by atoms with E-state index in [-0.39, 0.29) is 24.7 Å². The van der Waals surface area contributed by atoms with Crippen LogP contribution in [0.2, 0.25) is 0 Å². The van der Waals surface area contributed by atoms with Gasteiger partial charge in [-0.2, -0.15) is 0 Å². The first-order valence-electron chi connectivity index (χ1n) is 7.41.